The van der Waals surface area contributed by atoms with E-state index in [4.69, 9.17) is 23.7 Å². The van der Waals surface area contributed by atoms with Crippen LogP contribution >= 0.6 is 0 Å². The lowest BCUT2D eigenvalue weighted by Crippen LogP contribution is -2.36. The van der Waals surface area contributed by atoms with Gasteiger partial charge in [0.25, 0.3) is 0 Å². The maximum Gasteiger partial charge on any atom is 0.231 e. The van der Waals surface area contributed by atoms with Crippen molar-refractivity contribution in [2.75, 3.05) is 21.0 Å². The van der Waals surface area contributed by atoms with Gasteiger partial charge in [-0.15, -0.1) is 0 Å². The molecule has 4 rings (SSSR count). The Kier molecular flexibility index (Phi) is 3.88. The van der Waals surface area contributed by atoms with Gasteiger partial charge in [-0.1, -0.05) is 0 Å². The average Bonchev–Trinajstić information content (AvgIpc) is 3.14. The molecule has 0 amide bonds. The third-order valence-corrected chi connectivity index (χ3v) is 4.43. The molecule has 0 aromatic heterocycles. The second kappa shape index (κ2) is 6.13. The molecule has 27 heavy (non-hydrogen) atoms. The second-order valence-electron chi connectivity index (χ2n) is 5.96. The Balaban J connectivity index is 1.88. The molecule has 2 aromatic carbocycles. The van der Waals surface area contributed by atoms with Crippen molar-refractivity contribution >= 4 is 5.78 Å². The summed E-state index contributed by atoms with van der Waals surface area (Å²) >= 11 is 0. The number of aliphatic hydroxyl groups excluding tert-OH is 1. The van der Waals surface area contributed by atoms with Gasteiger partial charge in [-0.2, -0.15) is 0 Å². The standard InChI is InChI=1S/C18H16O9/c1-23-9-4-7(3-8(19)5-9)14-13(22)11(20)10-12(21)16-18(26-6-25-16)17(24-2)15(10)27-14/h3-5,13-14,19,21-22H,6H2,1-2H3. The zero-order valence-corrected chi connectivity index (χ0v) is 14.4. The summed E-state index contributed by atoms with van der Waals surface area (Å²) in [6.07, 6.45) is -2.81. The predicted molar refractivity (Wildman–Crippen MR) is 89.1 cm³/mol. The molecule has 9 nitrogen and oxygen atoms in total. The molecule has 0 radical (unpaired) electrons. The first kappa shape index (κ1) is 17.1. The number of carbonyl (C=O) groups is 1. The molecule has 3 N–H and O–H groups in total. The van der Waals surface area contributed by atoms with Gasteiger partial charge >= 0.3 is 0 Å². The molecule has 2 aliphatic heterocycles. The number of phenolic OH excluding ortho intramolecular Hbond substituents is 2. The van der Waals surface area contributed by atoms with Crippen LogP contribution in [-0.2, 0) is 0 Å². The van der Waals surface area contributed by atoms with Gasteiger partial charge in [0.1, 0.15) is 17.1 Å². The number of hydrogen-bond donors (Lipinski definition) is 3. The first-order valence-electron chi connectivity index (χ1n) is 7.95. The molecule has 2 unspecified atom stereocenters. The number of ether oxygens (including phenoxy) is 5. The Bertz CT molecular complexity index is 937. The van der Waals surface area contributed by atoms with Gasteiger partial charge in [-0.25, -0.2) is 0 Å². The third kappa shape index (κ3) is 2.47. The van der Waals surface area contributed by atoms with E-state index in [0.717, 1.165) is 0 Å². The highest BCUT2D eigenvalue weighted by atomic mass is 16.7. The van der Waals surface area contributed by atoms with Gasteiger partial charge in [-0.05, 0) is 12.1 Å². The molecule has 0 saturated carbocycles. The normalized spacial score (nSPS) is 20.0. The molecule has 142 valence electrons. The Labute approximate surface area is 153 Å². The molecule has 0 spiro atoms. The van der Waals surface area contributed by atoms with E-state index in [0.29, 0.717) is 11.3 Å². The minimum atomic E-state index is -1.64. The van der Waals surface area contributed by atoms with Gasteiger partial charge in [0.15, 0.2) is 23.7 Å². The molecule has 0 saturated heterocycles. The van der Waals surface area contributed by atoms with E-state index in [2.05, 4.69) is 0 Å². The number of hydrogen-bond acceptors (Lipinski definition) is 9. The van der Waals surface area contributed by atoms with E-state index < -0.39 is 23.7 Å². The quantitative estimate of drug-likeness (QED) is 0.731. The van der Waals surface area contributed by atoms with Crippen molar-refractivity contribution < 1.29 is 43.8 Å². The number of methoxy groups -OCH3 is 2. The minimum absolute atomic E-state index is 0.0489. The number of fused-ring (bicyclic) bond motifs is 2. The lowest BCUT2D eigenvalue weighted by molar-refractivity contribution is 0.0197. The van der Waals surface area contributed by atoms with Crippen molar-refractivity contribution in [1.82, 2.24) is 0 Å². The van der Waals surface area contributed by atoms with Crippen molar-refractivity contribution in [3.63, 3.8) is 0 Å². The number of Topliss-reactive ketones (excluding diaryl/α,β-unsaturated/α-hetero) is 1. The van der Waals surface area contributed by atoms with Crippen molar-refractivity contribution in [2.45, 2.75) is 12.2 Å². The maximum absolute atomic E-state index is 12.8. The first-order valence-corrected chi connectivity index (χ1v) is 7.95. The van der Waals surface area contributed by atoms with Gasteiger partial charge in [0.05, 0.1) is 14.2 Å². The highest BCUT2D eigenvalue weighted by Crippen LogP contribution is 2.57. The van der Waals surface area contributed by atoms with Gasteiger partial charge < -0.3 is 39.0 Å². The van der Waals surface area contributed by atoms with Gasteiger partial charge in [0, 0.05) is 11.6 Å². The smallest absolute Gasteiger partial charge is 0.231 e. The van der Waals surface area contributed by atoms with Crippen LogP contribution in [0.1, 0.15) is 22.0 Å². The zero-order valence-electron chi connectivity index (χ0n) is 14.4. The molecule has 9 heteroatoms. The summed E-state index contributed by atoms with van der Waals surface area (Å²) in [5, 5.41) is 30.8. The van der Waals surface area contributed by atoms with Crippen LogP contribution in [0.4, 0.5) is 0 Å². The summed E-state index contributed by atoms with van der Waals surface area (Å²) in [5.41, 5.74) is 0.0459. The lowest BCUT2D eigenvalue weighted by Gasteiger charge is -2.31. The number of phenols is 2. The number of ketones is 1. The predicted octanol–water partition coefficient (Wildman–Crippen LogP) is 1.52. The van der Waals surface area contributed by atoms with Crippen LogP contribution in [0.3, 0.4) is 0 Å². The Hall–Kier alpha value is -3.33. The summed E-state index contributed by atoms with van der Waals surface area (Å²) in [5.74, 6) is -1.04. The van der Waals surface area contributed by atoms with Crippen molar-refractivity contribution in [3.8, 4) is 40.2 Å². The fraction of sp³-hybridized carbons (Fsp3) is 0.278. The second-order valence-corrected chi connectivity index (χ2v) is 5.96. The van der Waals surface area contributed by atoms with Crippen LogP contribution in [0, 0.1) is 0 Å². The van der Waals surface area contributed by atoms with Crippen LogP contribution in [0.5, 0.6) is 40.2 Å². The number of rotatable bonds is 3. The Morgan fingerprint density at radius 3 is 2.48 bits per heavy atom. The summed E-state index contributed by atoms with van der Waals surface area (Å²) in [4.78, 5) is 12.8. The monoisotopic (exact) mass is 376 g/mol. The summed E-state index contributed by atoms with van der Waals surface area (Å²) in [7, 11) is 2.76. The summed E-state index contributed by atoms with van der Waals surface area (Å²) in [6.45, 7) is -0.161. The van der Waals surface area contributed by atoms with Crippen LogP contribution in [0.25, 0.3) is 0 Å². The summed E-state index contributed by atoms with van der Waals surface area (Å²) in [6, 6.07) is 4.23. The minimum Gasteiger partial charge on any atom is -0.508 e. The van der Waals surface area contributed by atoms with E-state index in [1.807, 2.05) is 0 Å². The Morgan fingerprint density at radius 1 is 1.04 bits per heavy atom. The number of benzene rings is 2. The molecular weight excluding hydrogens is 360 g/mol. The SMILES string of the molecule is COc1cc(O)cc(C2Oc3c(OC)c4c(c(O)c3C(=O)C2O)OCO4)c1. The molecule has 0 aliphatic carbocycles. The molecule has 2 atom stereocenters. The average molecular weight is 376 g/mol. The lowest BCUT2D eigenvalue weighted by atomic mass is 9.92. The number of aliphatic hydroxyl groups is 1. The molecule has 2 heterocycles. The number of aromatic hydroxyl groups is 2. The van der Waals surface area contributed by atoms with Crippen LogP contribution in [-0.4, -0.2) is 48.2 Å². The number of carbonyl (C=O) groups excluding carboxylic acids is 1. The molecule has 2 aliphatic rings. The maximum atomic E-state index is 12.8. The summed E-state index contributed by atoms with van der Waals surface area (Å²) < 4.78 is 26.7. The van der Waals surface area contributed by atoms with E-state index in [9.17, 15) is 20.1 Å². The van der Waals surface area contributed by atoms with Crippen molar-refractivity contribution in [2.24, 2.45) is 0 Å². The molecule has 2 aromatic rings. The third-order valence-electron chi connectivity index (χ3n) is 4.43. The van der Waals surface area contributed by atoms with Crippen molar-refractivity contribution in [1.29, 1.82) is 0 Å². The highest BCUT2D eigenvalue weighted by molar-refractivity contribution is 6.07. The molecular formula is C18H16O9. The zero-order chi connectivity index (χ0) is 19.3. The Morgan fingerprint density at radius 2 is 1.78 bits per heavy atom. The van der Waals surface area contributed by atoms with Gasteiger partial charge in [-0.3, -0.25) is 4.79 Å². The largest absolute Gasteiger partial charge is 0.508 e. The molecule has 0 bridgehead atoms. The van der Waals surface area contributed by atoms with E-state index in [-0.39, 0.29) is 41.1 Å². The fourth-order valence-corrected chi connectivity index (χ4v) is 3.20. The van der Waals surface area contributed by atoms with E-state index >= 15 is 0 Å². The van der Waals surface area contributed by atoms with Crippen LogP contribution in [0.15, 0.2) is 18.2 Å². The van der Waals surface area contributed by atoms with E-state index in [1.165, 1.54) is 32.4 Å². The fourth-order valence-electron chi connectivity index (χ4n) is 3.20. The van der Waals surface area contributed by atoms with Gasteiger partial charge in [0.2, 0.25) is 29.8 Å². The van der Waals surface area contributed by atoms with E-state index in [1.54, 1.807) is 0 Å². The van der Waals surface area contributed by atoms with Crippen LogP contribution in [0.2, 0.25) is 0 Å². The molecule has 0 fully saturated rings. The highest BCUT2D eigenvalue weighted by Gasteiger charge is 2.44. The first-order chi connectivity index (χ1) is 13.0. The van der Waals surface area contributed by atoms with Crippen molar-refractivity contribution in [3.05, 3.63) is 29.3 Å². The van der Waals surface area contributed by atoms with Crippen LogP contribution < -0.4 is 23.7 Å². The topological polar surface area (TPSA) is 124 Å².